The summed E-state index contributed by atoms with van der Waals surface area (Å²) in [5, 5.41) is 6.13. The molecule has 1 amide bonds. The molecular weight excluding hydrogens is 508 g/mol. The molecule has 0 radical (unpaired) electrons. The largest absolute Gasteiger partial charge is 0.416 e. The van der Waals surface area contributed by atoms with Crippen LogP contribution in [-0.2, 0) is 6.18 Å². The van der Waals surface area contributed by atoms with E-state index in [1.807, 2.05) is 0 Å². The van der Waals surface area contributed by atoms with Crippen LogP contribution in [0.1, 0.15) is 34.8 Å². The first-order chi connectivity index (χ1) is 17.8. The van der Waals surface area contributed by atoms with Crippen LogP contribution in [0.4, 0.5) is 26.3 Å². The number of allylic oxidation sites excluding steroid dienone is 5. The quantitative estimate of drug-likeness (QED) is 0.281. The van der Waals surface area contributed by atoms with Gasteiger partial charge in [-0.25, -0.2) is 0 Å². The highest BCUT2D eigenvalue weighted by atomic mass is 19.4. The second-order valence-corrected chi connectivity index (χ2v) is 9.13. The van der Waals surface area contributed by atoms with E-state index in [1.54, 1.807) is 6.07 Å². The number of carbonyl (C=O) groups excluding carboxylic acids is 1. The molecular formula is C28H29F6N3O. The minimum absolute atomic E-state index is 0.0459. The number of rotatable bonds is 8. The number of benzene rings is 2. The lowest BCUT2D eigenvalue weighted by Gasteiger charge is -2.14. The molecule has 1 aliphatic heterocycles. The van der Waals surface area contributed by atoms with Gasteiger partial charge in [0.2, 0.25) is 0 Å². The minimum atomic E-state index is -4.55. The third-order valence-corrected chi connectivity index (χ3v) is 6.37. The maximum absolute atomic E-state index is 13.1. The molecule has 2 atom stereocenters. The fourth-order valence-electron chi connectivity index (χ4n) is 4.16. The zero-order chi connectivity index (χ0) is 28.1. The van der Waals surface area contributed by atoms with Crippen LogP contribution in [0, 0.1) is 5.92 Å². The van der Waals surface area contributed by atoms with Crippen LogP contribution in [0.25, 0.3) is 16.7 Å². The van der Waals surface area contributed by atoms with Crippen molar-refractivity contribution in [2.45, 2.75) is 31.7 Å². The smallest absolute Gasteiger partial charge is 0.350 e. The first kappa shape index (κ1) is 29.2. The molecule has 0 unspecified atom stereocenters. The Morgan fingerprint density at radius 2 is 1.71 bits per heavy atom. The van der Waals surface area contributed by atoms with Crippen molar-refractivity contribution in [3.05, 3.63) is 89.5 Å². The van der Waals surface area contributed by atoms with E-state index in [2.05, 4.69) is 17.2 Å². The number of nitrogens with one attached hydrogen (secondary N) is 2. The van der Waals surface area contributed by atoms with Crippen LogP contribution in [0.15, 0.2) is 72.8 Å². The summed E-state index contributed by atoms with van der Waals surface area (Å²) in [6.45, 7) is 6.73. The molecule has 0 spiro atoms. The molecule has 1 aliphatic rings. The fourth-order valence-corrected chi connectivity index (χ4v) is 4.16. The molecule has 0 aliphatic carbocycles. The number of halogens is 6. The molecule has 0 saturated carbocycles. The van der Waals surface area contributed by atoms with Gasteiger partial charge >= 0.3 is 12.4 Å². The average molecular weight is 538 g/mol. The first-order valence-corrected chi connectivity index (χ1v) is 12.0. The van der Waals surface area contributed by atoms with Crippen molar-refractivity contribution in [1.29, 1.82) is 0 Å². The van der Waals surface area contributed by atoms with Gasteiger partial charge in [-0.2, -0.15) is 26.3 Å². The Bertz CT molecular complexity index is 1210. The van der Waals surface area contributed by atoms with E-state index in [9.17, 15) is 31.1 Å². The van der Waals surface area contributed by atoms with E-state index in [1.165, 1.54) is 37.3 Å². The number of carbonyl (C=O) groups is 1. The van der Waals surface area contributed by atoms with Crippen molar-refractivity contribution < 1.29 is 31.1 Å². The Labute approximate surface area is 217 Å². The van der Waals surface area contributed by atoms with Crippen molar-refractivity contribution >= 4 is 11.5 Å². The van der Waals surface area contributed by atoms with E-state index in [4.69, 9.17) is 5.73 Å². The van der Waals surface area contributed by atoms with Gasteiger partial charge in [0.15, 0.2) is 0 Å². The second kappa shape index (κ2) is 12.0. The topological polar surface area (TPSA) is 67.2 Å². The Hall–Kier alpha value is -3.37. The molecule has 204 valence electrons. The van der Waals surface area contributed by atoms with E-state index < -0.39 is 29.4 Å². The maximum atomic E-state index is 13.1. The van der Waals surface area contributed by atoms with Gasteiger partial charge in [-0.1, -0.05) is 30.9 Å². The van der Waals surface area contributed by atoms with Crippen LogP contribution in [0.2, 0.25) is 0 Å². The molecule has 0 aromatic heterocycles. The fraction of sp³-hybridized carbons (Fsp3) is 0.321. The lowest BCUT2D eigenvalue weighted by Crippen LogP contribution is -2.37. The van der Waals surface area contributed by atoms with E-state index in [-0.39, 0.29) is 17.2 Å². The summed E-state index contributed by atoms with van der Waals surface area (Å²) < 4.78 is 78.4. The standard InChI is InChI=1S/C28H29F6N3O/c1-3-23(27(29,30)31)7-4-17(2)20-11-21(19-5-8-24(9-6-19)28(32,33)34)13-22(12-20)26(38)37-16-25-10-18(14-35)15-36-25/h3-9,11-13,18,25,36H,2,10,14-16,35H2,1H3,(H,37,38)/b7-4-,23-3+/t18-,25+/m1/s1. The molecule has 2 aromatic carbocycles. The lowest BCUT2D eigenvalue weighted by atomic mass is 9.95. The molecule has 4 nitrogen and oxygen atoms in total. The average Bonchev–Trinajstić information content (AvgIpc) is 3.34. The third kappa shape index (κ3) is 7.58. The Balaban J connectivity index is 1.92. The molecule has 10 heteroatoms. The van der Waals surface area contributed by atoms with Gasteiger partial charge in [0.05, 0.1) is 11.1 Å². The number of alkyl halides is 6. The number of amides is 1. The molecule has 4 N–H and O–H groups in total. The van der Waals surface area contributed by atoms with Crippen LogP contribution in [0.5, 0.6) is 0 Å². The molecule has 2 aromatic rings. The van der Waals surface area contributed by atoms with Crippen LogP contribution < -0.4 is 16.4 Å². The first-order valence-electron chi connectivity index (χ1n) is 12.0. The molecule has 1 fully saturated rings. The van der Waals surface area contributed by atoms with Crippen LogP contribution >= 0.6 is 0 Å². The summed E-state index contributed by atoms with van der Waals surface area (Å²) in [4.78, 5) is 13.0. The van der Waals surface area contributed by atoms with E-state index in [0.29, 0.717) is 35.7 Å². The molecule has 1 saturated heterocycles. The van der Waals surface area contributed by atoms with Gasteiger partial charge in [-0.3, -0.25) is 4.79 Å². The number of hydrogen-bond donors (Lipinski definition) is 3. The zero-order valence-corrected chi connectivity index (χ0v) is 20.7. The molecule has 3 rings (SSSR count). The predicted octanol–water partition coefficient (Wildman–Crippen LogP) is 6.12. The maximum Gasteiger partial charge on any atom is 0.416 e. The highest BCUT2D eigenvalue weighted by molar-refractivity contribution is 5.97. The number of nitrogens with two attached hydrogens (primary N) is 1. The summed E-state index contributed by atoms with van der Waals surface area (Å²) in [6, 6.07) is 9.04. The molecule has 1 heterocycles. The summed E-state index contributed by atoms with van der Waals surface area (Å²) in [5.74, 6) is -0.111. The Kier molecular flexibility index (Phi) is 9.22. The Morgan fingerprint density at radius 3 is 2.26 bits per heavy atom. The number of hydrogen-bond acceptors (Lipinski definition) is 3. The van der Waals surface area contributed by atoms with Crippen molar-refractivity contribution in [3.8, 4) is 11.1 Å². The van der Waals surface area contributed by atoms with Gasteiger partial charge in [0, 0.05) is 18.2 Å². The predicted molar refractivity (Wildman–Crippen MR) is 136 cm³/mol. The van der Waals surface area contributed by atoms with Gasteiger partial charge in [0.1, 0.15) is 0 Å². The highest BCUT2D eigenvalue weighted by Crippen LogP contribution is 2.33. The zero-order valence-electron chi connectivity index (χ0n) is 20.7. The van der Waals surface area contributed by atoms with Gasteiger partial charge in [-0.15, -0.1) is 0 Å². The van der Waals surface area contributed by atoms with E-state index >= 15 is 0 Å². The van der Waals surface area contributed by atoms with Gasteiger partial charge < -0.3 is 16.4 Å². The van der Waals surface area contributed by atoms with E-state index in [0.717, 1.165) is 37.3 Å². The third-order valence-electron chi connectivity index (χ3n) is 6.37. The van der Waals surface area contributed by atoms with Crippen molar-refractivity contribution in [1.82, 2.24) is 10.6 Å². The highest BCUT2D eigenvalue weighted by Gasteiger charge is 2.31. The molecule has 0 bridgehead atoms. The van der Waals surface area contributed by atoms with Crippen LogP contribution in [-0.4, -0.2) is 37.8 Å². The minimum Gasteiger partial charge on any atom is -0.350 e. The second-order valence-electron chi connectivity index (χ2n) is 9.13. The van der Waals surface area contributed by atoms with Gasteiger partial charge in [0.25, 0.3) is 5.91 Å². The normalized spacial score (nSPS) is 18.7. The summed E-state index contributed by atoms with van der Waals surface area (Å²) in [7, 11) is 0. The monoisotopic (exact) mass is 537 g/mol. The summed E-state index contributed by atoms with van der Waals surface area (Å²) in [5.41, 5.74) is 5.57. The SMILES string of the molecule is C=C(/C=C\C(=C/C)C(F)(F)F)c1cc(C(=O)NC[C@@H]2C[C@H](CN)CN2)cc(-c2ccc(C(F)(F)F)cc2)c1. The van der Waals surface area contributed by atoms with Gasteiger partial charge in [-0.05, 0) is 91.0 Å². The van der Waals surface area contributed by atoms with Crippen molar-refractivity contribution in [3.63, 3.8) is 0 Å². The van der Waals surface area contributed by atoms with Crippen molar-refractivity contribution in [2.75, 3.05) is 19.6 Å². The van der Waals surface area contributed by atoms with Crippen molar-refractivity contribution in [2.24, 2.45) is 11.7 Å². The van der Waals surface area contributed by atoms with Crippen LogP contribution in [0.3, 0.4) is 0 Å². The lowest BCUT2D eigenvalue weighted by molar-refractivity contribution is -0.137. The molecule has 38 heavy (non-hydrogen) atoms. The Morgan fingerprint density at radius 1 is 1.05 bits per heavy atom. The summed E-state index contributed by atoms with van der Waals surface area (Å²) >= 11 is 0. The summed E-state index contributed by atoms with van der Waals surface area (Å²) in [6.07, 6.45) is -5.26.